The highest BCUT2D eigenvalue weighted by Gasteiger charge is 2.39. The minimum absolute atomic E-state index is 0.467. The molecule has 1 aromatic rings. The highest BCUT2D eigenvalue weighted by atomic mass is 19.4. The number of rotatable bonds is 2. The summed E-state index contributed by atoms with van der Waals surface area (Å²) in [5.41, 5.74) is 0.0471. The molecular formula is C10H9F3N2O3. The van der Waals surface area contributed by atoms with Gasteiger partial charge in [0.25, 0.3) is 5.69 Å². The van der Waals surface area contributed by atoms with E-state index in [-0.39, 0.29) is 0 Å². The molecule has 1 aromatic carbocycles. The molecule has 8 heteroatoms. The van der Waals surface area contributed by atoms with Crippen molar-refractivity contribution in [1.82, 2.24) is 0 Å². The van der Waals surface area contributed by atoms with Crippen molar-refractivity contribution < 1.29 is 22.9 Å². The van der Waals surface area contributed by atoms with Gasteiger partial charge in [0.15, 0.2) is 0 Å². The van der Waals surface area contributed by atoms with E-state index in [0.29, 0.717) is 11.1 Å². The van der Waals surface area contributed by atoms with Gasteiger partial charge >= 0.3 is 12.1 Å². The lowest BCUT2D eigenvalue weighted by Gasteiger charge is -2.10. The van der Waals surface area contributed by atoms with Crippen LogP contribution in [0.1, 0.15) is 11.1 Å². The molecule has 1 N–H and O–H groups in total. The van der Waals surface area contributed by atoms with E-state index in [1.807, 2.05) is 0 Å². The van der Waals surface area contributed by atoms with E-state index >= 15 is 0 Å². The van der Waals surface area contributed by atoms with Gasteiger partial charge in [0.05, 0.1) is 4.92 Å². The quantitative estimate of drug-likeness (QED) is 0.657. The molecule has 5 nitrogen and oxygen atoms in total. The Hall–Kier alpha value is -2.12. The van der Waals surface area contributed by atoms with E-state index in [0.717, 1.165) is 12.1 Å². The van der Waals surface area contributed by atoms with Gasteiger partial charge < -0.3 is 5.32 Å². The molecule has 0 spiro atoms. The van der Waals surface area contributed by atoms with Crippen molar-refractivity contribution in [3.8, 4) is 0 Å². The van der Waals surface area contributed by atoms with Gasteiger partial charge in [-0.15, -0.1) is 0 Å². The van der Waals surface area contributed by atoms with Crippen LogP contribution >= 0.6 is 0 Å². The number of anilines is 1. The third kappa shape index (κ3) is 2.96. The lowest BCUT2D eigenvalue weighted by Crippen LogP contribution is -2.30. The largest absolute Gasteiger partial charge is 0.471 e. The first-order valence-electron chi connectivity index (χ1n) is 4.76. The average molecular weight is 262 g/mol. The second-order valence-corrected chi connectivity index (χ2v) is 3.66. The smallest absolute Gasteiger partial charge is 0.312 e. The standard InChI is InChI=1S/C10H9F3N2O3/c1-5-3-7(14-9(16)10(11,12)13)8(15(17)18)4-6(5)2/h3-4H,1-2H3,(H,14,16). The molecule has 0 aliphatic carbocycles. The van der Waals surface area contributed by atoms with Crippen molar-refractivity contribution >= 4 is 17.3 Å². The summed E-state index contributed by atoms with van der Waals surface area (Å²) in [4.78, 5) is 20.6. The second kappa shape index (κ2) is 4.63. The molecule has 0 aromatic heterocycles. The van der Waals surface area contributed by atoms with Gasteiger partial charge in [-0.25, -0.2) is 0 Å². The summed E-state index contributed by atoms with van der Waals surface area (Å²) in [6.45, 7) is 3.15. The van der Waals surface area contributed by atoms with Gasteiger partial charge in [0.2, 0.25) is 0 Å². The highest BCUT2D eigenvalue weighted by Crippen LogP contribution is 2.29. The minimum Gasteiger partial charge on any atom is -0.312 e. The first kappa shape index (κ1) is 13.9. The van der Waals surface area contributed by atoms with E-state index in [4.69, 9.17) is 0 Å². The van der Waals surface area contributed by atoms with Gasteiger partial charge in [-0.1, -0.05) is 0 Å². The maximum absolute atomic E-state index is 12.1. The SMILES string of the molecule is Cc1cc(NC(=O)C(F)(F)F)c([N+](=O)[O-])cc1C. The molecule has 0 bridgehead atoms. The van der Waals surface area contributed by atoms with Crippen LogP contribution in [-0.2, 0) is 4.79 Å². The Morgan fingerprint density at radius 1 is 1.28 bits per heavy atom. The average Bonchev–Trinajstić information content (AvgIpc) is 2.21. The molecule has 0 fully saturated rings. The van der Waals surface area contributed by atoms with Gasteiger partial charge in [0.1, 0.15) is 5.69 Å². The number of nitro groups is 1. The minimum atomic E-state index is -5.09. The van der Waals surface area contributed by atoms with Crippen LogP contribution in [0.2, 0.25) is 0 Å². The van der Waals surface area contributed by atoms with Crippen LogP contribution in [0.15, 0.2) is 12.1 Å². The summed E-state index contributed by atoms with van der Waals surface area (Å²) in [6.07, 6.45) is -5.09. The van der Waals surface area contributed by atoms with Gasteiger partial charge in [0, 0.05) is 6.07 Å². The van der Waals surface area contributed by atoms with E-state index in [1.54, 1.807) is 13.8 Å². The van der Waals surface area contributed by atoms with E-state index < -0.39 is 28.4 Å². The van der Waals surface area contributed by atoms with Crippen LogP contribution in [0.5, 0.6) is 0 Å². The number of benzene rings is 1. The van der Waals surface area contributed by atoms with Crippen LogP contribution < -0.4 is 5.32 Å². The maximum atomic E-state index is 12.1. The first-order chi connectivity index (χ1) is 8.12. The van der Waals surface area contributed by atoms with Crippen LogP contribution in [0.25, 0.3) is 0 Å². The number of halogens is 3. The lowest BCUT2D eigenvalue weighted by atomic mass is 10.1. The zero-order chi connectivity index (χ0) is 14.1. The number of nitrogens with zero attached hydrogens (tertiary/aromatic N) is 1. The van der Waals surface area contributed by atoms with Crippen molar-refractivity contribution in [2.75, 3.05) is 5.32 Å². The molecule has 0 saturated carbocycles. The molecule has 1 rings (SSSR count). The number of carbonyl (C=O) groups is 1. The van der Waals surface area contributed by atoms with Crippen LogP contribution in [0.3, 0.4) is 0 Å². The molecule has 1 amide bonds. The zero-order valence-electron chi connectivity index (χ0n) is 9.46. The Kier molecular flexibility index (Phi) is 3.59. The number of hydrogen-bond donors (Lipinski definition) is 1. The van der Waals surface area contributed by atoms with E-state index in [2.05, 4.69) is 0 Å². The summed E-state index contributed by atoms with van der Waals surface area (Å²) in [6, 6.07) is 2.25. The number of amides is 1. The monoisotopic (exact) mass is 262 g/mol. The predicted molar refractivity (Wildman–Crippen MR) is 57.3 cm³/mol. The zero-order valence-corrected chi connectivity index (χ0v) is 9.46. The lowest BCUT2D eigenvalue weighted by molar-refractivity contribution is -0.384. The Morgan fingerprint density at radius 2 is 1.78 bits per heavy atom. The number of nitro benzene ring substituents is 1. The molecule has 0 saturated heterocycles. The van der Waals surface area contributed by atoms with Crippen molar-refractivity contribution in [3.05, 3.63) is 33.4 Å². The summed E-state index contributed by atoms with van der Waals surface area (Å²) in [7, 11) is 0. The third-order valence-corrected chi connectivity index (χ3v) is 2.31. The van der Waals surface area contributed by atoms with Crippen molar-refractivity contribution in [2.24, 2.45) is 0 Å². The van der Waals surface area contributed by atoms with E-state index in [9.17, 15) is 28.1 Å². The fraction of sp³-hybridized carbons (Fsp3) is 0.300. The van der Waals surface area contributed by atoms with Crippen LogP contribution in [0.4, 0.5) is 24.5 Å². The fourth-order valence-corrected chi connectivity index (χ4v) is 1.25. The van der Waals surface area contributed by atoms with Gasteiger partial charge in [-0.3, -0.25) is 14.9 Å². The van der Waals surface area contributed by atoms with Gasteiger partial charge in [-0.05, 0) is 31.0 Å². The molecule has 0 atom stereocenters. The number of carbonyl (C=O) groups excluding carboxylic acids is 1. The molecule has 0 radical (unpaired) electrons. The summed E-state index contributed by atoms with van der Waals surface area (Å²) in [5, 5.41) is 12.2. The number of hydrogen-bond acceptors (Lipinski definition) is 3. The first-order valence-corrected chi connectivity index (χ1v) is 4.76. The third-order valence-electron chi connectivity index (χ3n) is 2.31. The second-order valence-electron chi connectivity index (χ2n) is 3.66. The molecule has 0 heterocycles. The Morgan fingerprint density at radius 3 is 2.22 bits per heavy atom. The van der Waals surface area contributed by atoms with E-state index in [1.165, 1.54) is 5.32 Å². The van der Waals surface area contributed by atoms with Crippen LogP contribution in [0, 0.1) is 24.0 Å². The topological polar surface area (TPSA) is 72.2 Å². The number of aryl methyl sites for hydroxylation is 2. The number of nitrogens with one attached hydrogen (secondary N) is 1. The Bertz CT molecular complexity index is 512. The molecule has 18 heavy (non-hydrogen) atoms. The number of alkyl halides is 3. The van der Waals surface area contributed by atoms with Gasteiger partial charge in [-0.2, -0.15) is 13.2 Å². The predicted octanol–water partition coefficient (Wildman–Crippen LogP) is 2.71. The van der Waals surface area contributed by atoms with Crippen molar-refractivity contribution in [3.63, 3.8) is 0 Å². The molecule has 0 unspecified atom stereocenters. The fourth-order valence-electron chi connectivity index (χ4n) is 1.25. The highest BCUT2D eigenvalue weighted by molar-refractivity contribution is 5.97. The summed E-state index contributed by atoms with van der Waals surface area (Å²) in [5.74, 6) is -2.24. The van der Waals surface area contributed by atoms with Crippen LogP contribution in [-0.4, -0.2) is 17.0 Å². The molecular weight excluding hydrogens is 253 g/mol. The van der Waals surface area contributed by atoms with Crippen molar-refractivity contribution in [1.29, 1.82) is 0 Å². The normalized spacial score (nSPS) is 11.2. The summed E-state index contributed by atoms with van der Waals surface area (Å²) >= 11 is 0. The molecule has 0 aliphatic rings. The summed E-state index contributed by atoms with van der Waals surface area (Å²) < 4.78 is 36.2. The molecule has 0 aliphatic heterocycles. The molecule has 98 valence electrons. The Labute approximate surface area is 99.8 Å². The Balaban J connectivity index is 3.20. The maximum Gasteiger partial charge on any atom is 0.471 e. The van der Waals surface area contributed by atoms with Crippen molar-refractivity contribution in [2.45, 2.75) is 20.0 Å².